The van der Waals surface area contributed by atoms with Crippen molar-refractivity contribution in [2.24, 2.45) is 0 Å². The third-order valence-corrected chi connectivity index (χ3v) is 2.78. The van der Waals surface area contributed by atoms with Crippen LogP contribution in [0.25, 0.3) is 0 Å². The highest BCUT2D eigenvalue weighted by atomic mass is 16.5. The van der Waals surface area contributed by atoms with Gasteiger partial charge in [0.15, 0.2) is 5.78 Å². The fourth-order valence-corrected chi connectivity index (χ4v) is 1.63. The molecule has 0 aliphatic rings. The van der Waals surface area contributed by atoms with Crippen LogP contribution in [0.4, 0.5) is 0 Å². The molecular weight excluding hydrogens is 244 g/mol. The van der Waals surface area contributed by atoms with Gasteiger partial charge in [-0.25, -0.2) is 0 Å². The van der Waals surface area contributed by atoms with Crippen molar-refractivity contribution < 1.29 is 19.1 Å². The molecule has 19 heavy (non-hydrogen) atoms. The Morgan fingerprint density at radius 1 is 1.26 bits per heavy atom. The molecule has 0 spiro atoms. The number of methoxy groups -OCH3 is 1. The maximum Gasteiger partial charge on any atom is 0.310 e. The van der Waals surface area contributed by atoms with Crippen LogP contribution >= 0.6 is 0 Å². The Labute approximate surface area is 113 Å². The van der Waals surface area contributed by atoms with Crippen molar-refractivity contribution in [2.45, 2.75) is 33.1 Å². The maximum atomic E-state index is 11.4. The van der Waals surface area contributed by atoms with E-state index in [9.17, 15) is 9.59 Å². The summed E-state index contributed by atoms with van der Waals surface area (Å²) in [5.41, 5.74) is 1.26. The summed E-state index contributed by atoms with van der Waals surface area (Å²) >= 11 is 0. The van der Waals surface area contributed by atoms with Crippen molar-refractivity contribution in [3.05, 3.63) is 29.3 Å². The van der Waals surface area contributed by atoms with E-state index in [1.807, 2.05) is 0 Å². The molecule has 0 atom stereocenters. The number of ether oxygens (including phenoxy) is 2. The second-order valence-corrected chi connectivity index (χ2v) is 4.33. The number of Topliss-reactive ketones (excluding diaryl/α,β-unsaturated/α-hetero) is 1. The molecular formula is C15H20O4. The smallest absolute Gasteiger partial charge is 0.310 e. The normalized spacial score (nSPS) is 10.1. The van der Waals surface area contributed by atoms with Crippen molar-refractivity contribution in [1.29, 1.82) is 0 Å². The molecule has 0 N–H and O–H groups in total. The molecule has 0 heterocycles. The van der Waals surface area contributed by atoms with Crippen LogP contribution in [-0.4, -0.2) is 25.5 Å². The lowest BCUT2D eigenvalue weighted by Gasteiger charge is -2.11. The van der Waals surface area contributed by atoms with Crippen LogP contribution in [0, 0.1) is 0 Å². The minimum Gasteiger partial charge on any atom is -0.493 e. The number of ketones is 1. The highest BCUT2D eigenvalue weighted by Gasteiger charge is 2.12. The predicted molar refractivity (Wildman–Crippen MR) is 72.6 cm³/mol. The molecule has 0 aliphatic carbocycles. The summed E-state index contributed by atoms with van der Waals surface area (Å²) in [5, 5.41) is 0. The second kappa shape index (κ2) is 7.56. The van der Waals surface area contributed by atoms with Gasteiger partial charge >= 0.3 is 5.97 Å². The van der Waals surface area contributed by atoms with Gasteiger partial charge in [-0.3, -0.25) is 9.59 Å². The van der Waals surface area contributed by atoms with Crippen LogP contribution in [0.2, 0.25) is 0 Å². The van der Waals surface area contributed by atoms with Gasteiger partial charge in [0.25, 0.3) is 0 Å². The molecule has 0 saturated carbocycles. The van der Waals surface area contributed by atoms with Gasteiger partial charge in [0.2, 0.25) is 0 Å². The maximum absolute atomic E-state index is 11.4. The molecule has 0 bridgehead atoms. The third kappa shape index (κ3) is 4.73. The molecule has 0 saturated heterocycles. The van der Waals surface area contributed by atoms with Crippen LogP contribution in [0.5, 0.6) is 5.75 Å². The van der Waals surface area contributed by atoms with E-state index in [1.165, 1.54) is 14.0 Å². The summed E-state index contributed by atoms with van der Waals surface area (Å²) in [7, 11) is 1.34. The number of hydrogen-bond acceptors (Lipinski definition) is 4. The number of esters is 1. The highest BCUT2D eigenvalue weighted by molar-refractivity contribution is 5.94. The zero-order valence-corrected chi connectivity index (χ0v) is 11.7. The number of carbonyl (C=O) groups is 2. The van der Waals surface area contributed by atoms with Gasteiger partial charge < -0.3 is 9.47 Å². The second-order valence-electron chi connectivity index (χ2n) is 4.33. The Bertz CT molecular complexity index is 451. The first-order valence-electron chi connectivity index (χ1n) is 6.42. The molecule has 1 rings (SSSR count). The van der Waals surface area contributed by atoms with E-state index in [0.717, 1.165) is 12.8 Å². The molecule has 1 aromatic carbocycles. The van der Waals surface area contributed by atoms with Crippen LogP contribution in [0.15, 0.2) is 18.2 Å². The van der Waals surface area contributed by atoms with E-state index in [2.05, 4.69) is 11.7 Å². The van der Waals surface area contributed by atoms with E-state index in [1.54, 1.807) is 18.2 Å². The fourth-order valence-electron chi connectivity index (χ4n) is 1.63. The number of carbonyl (C=O) groups excluding carboxylic acids is 2. The lowest BCUT2D eigenvalue weighted by molar-refractivity contribution is -0.139. The summed E-state index contributed by atoms with van der Waals surface area (Å²) in [6.45, 7) is 4.18. The number of hydrogen-bond donors (Lipinski definition) is 0. The van der Waals surface area contributed by atoms with Crippen molar-refractivity contribution in [3.8, 4) is 5.75 Å². The Kier molecular flexibility index (Phi) is 6.06. The quantitative estimate of drug-likeness (QED) is 0.431. The van der Waals surface area contributed by atoms with Crippen LogP contribution in [0.3, 0.4) is 0 Å². The van der Waals surface area contributed by atoms with Gasteiger partial charge in [-0.1, -0.05) is 13.3 Å². The largest absolute Gasteiger partial charge is 0.493 e. The topological polar surface area (TPSA) is 52.6 Å². The molecule has 0 aromatic heterocycles. The molecule has 4 nitrogen and oxygen atoms in total. The lowest BCUT2D eigenvalue weighted by Crippen LogP contribution is -2.08. The van der Waals surface area contributed by atoms with Gasteiger partial charge in [0.1, 0.15) is 5.75 Å². The van der Waals surface area contributed by atoms with Crippen molar-refractivity contribution in [2.75, 3.05) is 13.7 Å². The molecule has 104 valence electrons. The number of unbranched alkanes of at least 4 members (excludes halogenated alkanes) is 1. The Morgan fingerprint density at radius 2 is 2.00 bits per heavy atom. The fraction of sp³-hybridized carbons (Fsp3) is 0.467. The van der Waals surface area contributed by atoms with Gasteiger partial charge in [-0.05, 0) is 31.5 Å². The van der Waals surface area contributed by atoms with Crippen LogP contribution in [0.1, 0.15) is 42.6 Å². The van der Waals surface area contributed by atoms with Crippen molar-refractivity contribution in [3.63, 3.8) is 0 Å². The van der Waals surface area contributed by atoms with Crippen LogP contribution < -0.4 is 4.74 Å². The van der Waals surface area contributed by atoms with Crippen molar-refractivity contribution >= 4 is 11.8 Å². The standard InChI is InChI=1S/C15H20O4/c1-4-5-8-19-14-7-6-12(11(2)16)9-13(14)10-15(17)18-3/h6-7,9H,4-5,8,10H2,1-3H3. The number of benzene rings is 1. The Morgan fingerprint density at radius 3 is 2.58 bits per heavy atom. The molecule has 0 fully saturated rings. The minimum atomic E-state index is -0.346. The first-order chi connectivity index (χ1) is 9.08. The monoisotopic (exact) mass is 264 g/mol. The molecule has 4 heteroatoms. The number of rotatable bonds is 7. The van der Waals surface area contributed by atoms with E-state index >= 15 is 0 Å². The predicted octanol–water partition coefficient (Wildman–Crippen LogP) is 2.78. The van der Waals surface area contributed by atoms with Gasteiger partial charge in [-0.2, -0.15) is 0 Å². The van der Waals surface area contributed by atoms with E-state index in [0.29, 0.717) is 23.5 Å². The van der Waals surface area contributed by atoms with Crippen molar-refractivity contribution in [1.82, 2.24) is 0 Å². The average molecular weight is 264 g/mol. The van der Waals surface area contributed by atoms with E-state index in [-0.39, 0.29) is 18.2 Å². The average Bonchev–Trinajstić information content (AvgIpc) is 2.40. The molecule has 0 radical (unpaired) electrons. The zero-order valence-electron chi connectivity index (χ0n) is 11.7. The summed E-state index contributed by atoms with van der Waals surface area (Å²) in [5.74, 6) is 0.260. The van der Waals surface area contributed by atoms with Gasteiger partial charge in [-0.15, -0.1) is 0 Å². The summed E-state index contributed by atoms with van der Waals surface area (Å²) < 4.78 is 10.3. The van der Waals surface area contributed by atoms with Gasteiger partial charge in [0.05, 0.1) is 20.1 Å². The zero-order chi connectivity index (χ0) is 14.3. The summed E-state index contributed by atoms with van der Waals surface area (Å²) in [6.07, 6.45) is 2.10. The Hall–Kier alpha value is -1.84. The third-order valence-electron chi connectivity index (χ3n) is 2.78. The first-order valence-corrected chi connectivity index (χ1v) is 6.42. The van der Waals surface area contributed by atoms with E-state index in [4.69, 9.17) is 4.74 Å². The minimum absolute atomic E-state index is 0.0359. The SMILES string of the molecule is CCCCOc1ccc(C(C)=O)cc1CC(=O)OC. The van der Waals surface area contributed by atoms with Crippen LogP contribution in [-0.2, 0) is 16.0 Å². The molecule has 0 amide bonds. The highest BCUT2D eigenvalue weighted by Crippen LogP contribution is 2.22. The molecule has 0 aliphatic heterocycles. The van der Waals surface area contributed by atoms with E-state index < -0.39 is 0 Å². The summed E-state index contributed by atoms with van der Waals surface area (Å²) in [6, 6.07) is 5.15. The Balaban J connectivity index is 2.93. The first kappa shape index (κ1) is 15.2. The lowest BCUT2D eigenvalue weighted by atomic mass is 10.0. The molecule has 0 unspecified atom stereocenters. The summed E-state index contributed by atoms with van der Waals surface area (Å²) in [4.78, 5) is 22.7. The van der Waals surface area contributed by atoms with Gasteiger partial charge in [0, 0.05) is 11.1 Å². The molecule has 1 aromatic rings.